The van der Waals surface area contributed by atoms with Crippen molar-refractivity contribution in [3.63, 3.8) is 0 Å². The Morgan fingerprint density at radius 2 is 2.14 bits per heavy atom. The molecule has 0 bridgehead atoms. The van der Waals surface area contributed by atoms with Crippen molar-refractivity contribution in [2.75, 3.05) is 6.54 Å². The third kappa shape index (κ3) is 4.80. The van der Waals surface area contributed by atoms with Crippen LogP contribution in [0.5, 0.6) is 0 Å². The Bertz CT molecular complexity index is 572. The number of nitrogens with zero attached hydrogens (tertiary/aromatic N) is 2. The Hall–Kier alpha value is -1.44. The number of amides is 1. The number of rotatable bonds is 6. The monoisotopic (exact) mass is 323 g/mol. The number of hydrogen-bond acceptors (Lipinski definition) is 6. The van der Waals surface area contributed by atoms with Gasteiger partial charge in [-0.15, -0.1) is 10.2 Å². The maximum Gasteiger partial charge on any atom is 0.233 e. The van der Waals surface area contributed by atoms with Gasteiger partial charge < -0.3 is 10.4 Å². The second-order valence-corrected chi connectivity index (χ2v) is 7.06. The molecule has 0 saturated heterocycles. The maximum atomic E-state index is 12.0. The van der Waals surface area contributed by atoms with Gasteiger partial charge >= 0.3 is 0 Å². The average Bonchev–Trinajstić information content (AvgIpc) is 2.98. The summed E-state index contributed by atoms with van der Waals surface area (Å²) >= 11 is 2.76. The van der Waals surface area contributed by atoms with E-state index in [1.165, 1.54) is 23.1 Å². The number of benzene rings is 1. The first-order chi connectivity index (χ1) is 10.1. The molecule has 0 unspecified atom stereocenters. The Morgan fingerprint density at radius 1 is 1.43 bits per heavy atom. The van der Waals surface area contributed by atoms with Crippen LogP contribution in [0, 0.1) is 6.92 Å². The molecule has 0 spiro atoms. The van der Waals surface area contributed by atoms with Gasteiger partial charge in [0.15, 0.2) is 4.34 Å². The smallest absolute Gasteiger partial charge is 0.233 e. The van der Waals surface area contributed by atoms with Crippen LogP contribution in [0.15, 0.2) is 34.1 Å². The lowest BCUT2D eigenvalue weighted by molar-refractivity contribution is -0.120. The summed E-state index contributed by atoms with van der Waals surface area (Å²) in [6, 6.07) is 7.61. The first kappa shape index (κ1) is 15.9. The Kier molecular flexibility index (Phi) is 5.72. The fourth-order valence-corrected chi connectivity index (χ4v) is 3.32. The van der Waals surface area contributed by atoms with Crippen LogP contribution >= 0.6 is 23.1 Å². The van der Waals surface area contributed by atoms with Crippen molar-refractivity contribution < 1.29 is 9.90 Å². The molecule has 0 aliphatic carbocycles. The van der Waals surface area contributed by atoms with Crippen LogP contribution in [0.1, 0.15) is 24.2 Å². The molecular formula is C14H17N3O2S2. The first-order valence-electron chi connectivity index (χ1n) is 6.51. The molecular weight excluding hydrogens is 306 g/mol. The van der Waals surface area contributed by atoms with E-state index < -0.39 is 6.10 Å². The van der Waals surface area contributed by atoms with Gasteiger partial charge in [-0.2, -0.15) is 0 Å². The van der Waals surface area contributed by atoms with Crippen LogP contribution in [0.4, 0.5) is 0 Å². The molecule has 2 rings (SSSR count). The highest BCUT2D eigenvalue weighted by Crippen LogP contribution is 2.24. The first-order valence-corrected chi connectivity index (χ1v) is 8.27. The zero-order valence-corrected chi connectivity index (χ0v) is 13.4. The molecule has 7 heteroatoms. The summed E-state index contributed by atoms with van der Waals surface area (Å²) in [7, 11) is 0. The molecule has 0 radical (unpaired) electrons. The molecule has 2 N–H and O–H groups in total. The third-order valence-corrected chi connectivity index (χ3v) is 4.83. The predicted octanol–water partition coefficient (Wildman–Crippen LogP) is 2.18. The van der Waals surface area contributed by atoms with Crippen LogP contribution in [0.2, 0.25) is 0 Å². The van der Waals surface area contributed by atoms with Gasteiger partial charge in [-0.3, -0.25) is 4.79 Å². The molecule has 5 nitrogen and oxygen atoms in total. The van der Waals surface area contributed by atoms with Crippen molar-refractivity contribution >= 4 is 29.0 Å². The zero-order valence-electron chi connectivity index (χ0n) is 11.8. The number of carbonyl (C=O) groups is 1. The second kappa shape index (κ2) is 7.53. The minimum atomic E-state index is -0.701. The normalized spacial score (nSPS) is 13.7. The Labute approximate surface area is 131 Å². The van der Waals surface area contributed by atoms with Gasteiger partial charge in [-0.25, -0.2) is 0 Å². The molecule has 1 amide bonds. The quantitative estimate of drug-likeness (QED) is 0.797. The Balaban J connectivity index is 1.81. The van der Waals surface area contributed by atoms with Crippen LogP contribution < -0.4 is 5.32 Å². The highest BCUT2D eigenvalue weighted by atomic mass is 32.2. The molecule has 21 heavy (non-hydrogen) atoms. The number of nitrogens with one attached hydrogen (secondary N) is 1. The van der Waals surface area contributed by atoms with E-state index in [1.807, 2.05) is 31.2 Å². The standard InChI is InChI=1S/C14H17N3O2S2/c1-9-3-5-11(6-4-9)12(18)7-15-13(19)10(2)21-14-17-16-8-20-14/h3-6,8,10,12,18H,7H2,1-2H3,(H,15,19)/t10-,12+/m0/s1. The van der Waals surface area contributed by atoms with Crippen LogP contribution in [0.3, 0.4) is 0 Å². The van der Waals surface area contributed by atoms with E-state index >= 15 is 0 Å². The lowest BCUT2D eigenvalue weighted by Crippen LogP contribution is -2.34. The topological polar surface area (TPSA) is 75.1 Å². The van der Waals surface area contributed by atoms with Crippen molar-refractivity contribution in [2.24, 2.45) is 0 Å². The fourth-order valence-electron chi connectivity index (χ4n) is 1.67. The van der Waals surface area contributed by atoms with E-state index in [1.54, 1.807) is 12.4 Å². The summed E-state index contributed by atoms with van der Waals surface area (Å²) in [5.41, 5.74) is 3.57. The van der Waals surface area contributed by atoms with E-state index in [0.29, 0.717) is 0 Å². The van der Waals surface area contributed by atoms with Gasteiger partial charge in [-0.05, 0) is 19.4 Å². The van der Waals surface area contributed by atoms with Crippen LogP contribution in [0.25, 0.3) is 0 Å². The molecule has 1 aromatic carbocycles. The minimum Gasteiger partial charge on any atom is -0.387 e. The largest absolute Gasteiger partial charge is 0.387 e. The van der Waals surface area contributed by atoms with E-state index in [4.69, 9.17) is 0 Å². The van der Waals surface area contributed by atoms with Gasteiger partial charge in [-0.1, -0.05) is 52.9 Å². The summed E-state index contributed by atoms with van der Waals surface area (Å²) in [5, 5.41) is 20.2. The second-order valence-electron chi connectivity index (χ2n) is 4.64. The molecule has 0 aliphatic rings. The van der Waals surface area contributed by atoms with Crippen molar-refractivity contribution in [2.45, 2.75) is 29.5 Å². The van der Waals surface area contributed by atoms with Crippen molar-refractivity contribution in [3.05, 3.63) is 40.9 Å². The number of aliphatic hydroxyl groups excluding tert-OH is 1. The predicted molar refractivity (Wildman–Crippen MR) is 84.4 cm³/mol. The van der Waals surface area contributed by atoms with E-state index in [2.05, 4.69) is 15.5 Å². The molecule has 0 saturated carbocycles. The van der Waals surface area contributed by atoms with Gasteiger partial charge in [0.25, 0.3) is 0 Å². The lowest BCUT2D eigenvalue weighted by atomic mass is 10.1. The van der Waals surface area contributed by atoms with Gasteiger partial charge in [0.05, 0.1) is 11.4 Å². The molecule has 0 fully saturated rings. The number of aryl methyl sites for hydroxylation is 1. The SMILES string of the molecule is Cc1ccc([C@H](O)CNC(=O)[C@H](C)Sc2nncs2)cc1. The molecule has 0 aliphatic heterocycles. The van der Waals surface area contributed by atoms with Crippen LogP contribution in [-0.4, -0.2) is 33.0 Å². The Morgan fingerprint density at radius 3 is 2.76 bits per heavy atom. The number of hydrogen-bond donors (Lipinski definition) is 2. The van der Waals surface area contributed by atoms with Crippen molar-refractivity contribution in [3.8, 4) is 0 Å². The van der Waals surface area contributed by atoms with E-state index in [9.17, 15) is 9.90 Å². The number of thioether (sulfide) groups is 1. The van der Waals surface area contributed by atoms with E-state index in [-0.39, 0.29) is 17.7 Å². The van der Waals surface area contributed by atoms with E-state index in [0.717, 1.165) is 15.5 Å². The highest BCUT2D eigenvalue weighted by molar-refractivity contribution is 8.02. The average molecular weight is 323 g/mol. The lowest BCUT2D eigenvalue weighted by Gasteiger charge is -2.14. The molecule has 1 heterocycles. The summed E-state index contributed by atoms with van der Waals surface area (Å²) < 4.78 is 0.761. The molecule has 2 atom stereocenters. The summed E-state index contributed by atoms with van der Waals surface area (Å²) in [5.74, 6) is -0.124. The number of aliphatic hydroxyl groups is 1. The number of carbonyl (C=O) groups excluding carboxylic acids is 1. The maximum absolute atomic E-state index is 12.0. The summed E-state index contributed by atoms with van der Waals surface area (Å²) in [6.45, 7) is 3.99. The van der Waals surface area contributed by atoms with Gasteiger partial charge in [0, 0.05) is 6.54 Å². The minimum absolute atomic E-state index is 0.124. The number of aromatic nitrogens is 2. The van der Waals surface area contributed by atoms with Crippen molar-refractivity contribution in [1.29, 1.82) is 0 Å². The molecule has 1 aromatic heterocycles. The zero-order chi connectivity index (χ0) is 15.2. The third-order valence-electron chi connectivity index (χ3n) is 2.92. The van der Waals surface area contributed by atoms with Gasteiger partial charge in [0.2, 0.25) is 5.91 Å². The molecule has 2 aromatic rings. The highest BCUT2D eigenvalue weighted by Gasteiger charge is 2.17. The van der Waals surface area contributed by atoms with Crippen molar-refractivity contribution in [1.82, 2.24) is 15.5 Å². The summed E-state index contributed by atoms with van der Waals surface area (Å²) in [4.78, 5) is 12.0. The van der Waals surface area contributed by atoms with Crippen LogP contribution in [-0.2, 0) is 4.79 Å². The summed E-state index contributed by atoms with van der Waals surface area (Å²) in [6.07, 6.45) is -0.701. The molecule has 112 valence electrons. The van der Waals surface area contributed by atoms with Gasteiger partial charge in [0.1, 0.15) is 5.51 Å². The fraction of sp³-hybridized carbons (Fsp3) is 0.357.